The molecule has 0 bridgehead atoms. The lowest BCUT2D eigenvalue weighted by Crippen LogP contribution is -2.55. The quantitative estimate of drug-likeness (QED) is 0.752. The Morgan fingerprint density at radius 2 is 1.70 bits per heavy atom. The molecule has 1 saturated heterocycles. The molecule has 2 rings (SSSR count). The minimum Gasteiger partial charge on any atom is -0.380 e. The van der Waals surface area contributed by atoms with Gasteiger partial charge in [-0.05, 0) is 47.9 Å². The average Bonchev–Trinajstić information content (AvgIpc) is 2.56. The number of aryl methyl sites for hydroxylation is 2. The molecule has 0 saturated carbocycles. The number of urea groups is 1. The van der Waals surface area contributed by atoms with Gasteiger partial charge in [0.1, 0.15) is 5.60 Å². The summed E-state index contributed by atoms with van der Waals surface area (Å²) in [6.07, 6.45) is 1.14. The van der Waals surface area contributed by atoms with Gasteiger partial charge in [-0.25, -0.2) is 4.79 Å². The first-order valence-electron chi connectivity index (χ1n) is 9.60. The summed E-state index contributed by atoms with van der Waals surface area (Å²) in [6.45, 7) is 12.1. The van der Waals surface area contributed by atoms with E-state index in [1.54, 1.807) is 4.90 Å². The Morgan fingerprint density at radius 1 is 1.19 bits per heavy atom. The molecule has 3 amide bonds. The van der Waals surface area contributed by atoms with Crippen LogP contribution in [-0.4, -0.2) is 47.2 Å². The Hall–Kier alpha value is -2.08. The number of piperidine rings is 1. The first-order chi connectivity index (χ1) is 12.4. The van der Waals surface area contributed by atoms with Crippen molar-refractivity contribution >= 4 is 11.9 Å². The summed E-state index contributed by atoms with van der Waals surface area (Å²) in [5.41, 5.74) is 8.94. The molecule has 6 nitrogen and oxygen atoms in total. The summed E-state index contributed by atoms with van der Waals surface area (Å²) in [5.74, 6) is -0.716. The normalized spacial score (nSPS) is 16.9. The van der Waals surface area contributed by atoms with Gasteiger partial charge in [-0.2, -0.15) is 0 Å². The van der Waals surface area contributed by atoms with Gasteiger partial charge in [-0.3, -0.25) is 4.79 Å². The van der Waals surface area contributed by atoms with Crippen LogP contribution in [0.2, 0.25) is 0 Å². The first kappa shape index (κ1) is 21.2. The predicted octanol–water partition coefficient (Wildman–Crippen LogP) is 2.17. The number of aliphatic hydroxyl groups is 1. The summed E-state index contributed by atoms with van der Waals surface area (Å²) >= 11 is 0. The molecule has 0 atom stereocenters. The van der Waals surface area contributed by atoms with Crippen LogP contribution in [0, 0.1) is 13.8 Å². The zero-order chi connectivity index (χ0) is 20.4. The van der Waals surface area contributed by atoms with Crippen molar-refractivity contribution in [1.82, 2.24) is 10.2 Å². The summed E-state index contributed by atoms with van der Waals surface area (Å²) in [5, 5.41) is 13.0. The molecule has 0 spiro atoms. The van der Waals surface area contributed by atoms with E-state index in [-0.39, 0.29) is 24.3 Å². The summed E-state index contributed by atoms with van der Waals surface area (Å²) in [4.78, 5) is 25.3. The molecule has 0 aliphatic carbocycles. The Morgan fingerprint density at radius 3 is 2.15 bits per heavy atom. The van der Waals surface area contributed by atoms with Gasteiger partial charge in [0.25, 0.3) is 0 Å². The monoisotopic (exact) mass is 375 g/mol. The molecule has 0 aromatic heterocycles. The van der Waals surface area contributed by atoms with Crippen molar-refractivity contribution in [3.63, 3.8) is 0 Å². The molecule has 0 radical (unpaired) electrons. The summed E-state index contributed by atoms with van der Waals surface area (Å²) < 4.78 is 0. The smallest absolute Gasteiger partial charge is 0.317 e. The Bertz CT molecular complexity index is 691. The zero-order valence-corrected chi connectivity index (χ0v) is 17.2. The lowest BCUT2D eigenvalue weighted by Gasteiger charge is -2.36. The predicted molar refractivity (Wildman–Crippen MR) is 107 cm³/mol. The molecular formula is C21H33N3O3. The highest BCUT2D eigenvalue weighted by molar-refractivity contribution is 5.83. The molecule has 27 heavy (non-hydrogen) atoms. The van der Waals surface area contributed by atoms with Crippen LogP contribution in [0.25, 0.3) is 0 Å². The van der Waals surface area contributed by atoms with Crippen molar-refractivity contribution in [2.24, 2.45) is 5.73 Å². The number of carbonyl (C=O) groups excluding carboxylic acids is 2. The van der Waals surface area contributed by atoms with Gasteiger partial charge in [0.15, 0.2) is 0 Å². The molecule has 1 aliphatic rings. The van der Waals surface area contributed by atoms with Crippen molar-refractivity contribution in [3.8, 4) is 0 Å². The molecule has 150 valence electrons. The van der Waals surface area contributed by atoms with Crippen LogP contribution >= 0.6 is 0 Å². The van der Waals surface area contributed by atoms with Gasteiger partial charge in [0, 0.05) is 32.5 Å². The Labute approximate surface area is 162 Å². The molecule has 0 unspecified atom stereocenters. The van der Waals surface area contributed by atoms with E-state index < -0.39 is 11.5 Å². The third-order valence-electron chi connectivity index (χ3n) is 5.55. The van der Waals surface area contributed by atoms with E-state index in [0.717, 1.165) is 6.42 Å². The van der Waals surface area contributed by atoms with Crippen LogP contribution in [0.5, 0.6) is 0 Å². The Balaban J connectivity index is 1.90. The van der Waals surface area contributed by atoms with Gasteiger partial charge < -0.3 is 21.1 Å². The maximum atomic E-state index is 12.3. The van der Waals surface area contributed by atoms with E-state index in [1.165, 1.54) is 22.3 Å². The summed E-state index contributed by atoms with van der Waals surface area (Å²) in [6, 6.07) is 4.31. The number of primary amides is 1. The molecular weight excluding hydrogens is 342 g/mol. The van der Waals surface area contributed by atoms with E-state index in [9.17, 15) is 14.7 Å². The SMILES string of the molecule is Cc1cc(C(C)(C)C)cc(C)c1CCNC(=O)N1CCC(O)(C(N)=O)CC1. The minimum absolute atomic E-state index is 0.114. The topological polar surface area (TPSA) is 95.7 Å². The number of rotatable bonds is 4. The van der Waals surface area contributed by atoms with E-state index in [4.69, 9.17) is 5.73 Å². The number of hydrogen-bond acceptors (Lipinski definition) is 3. The molecule has 1 heterocycles. The number of amides is 3. The highest BCUT2D eigenvalue weighted by Crippen LogP contribution is 2.27. The van der Waals surface area contributed by atoms with Crippen molar-refractivity contribution in [1.29, 1.82) is 0 Å². The number of nitrogens with two attached hydrogens (primary N) is 1. The number of hydrogen-bond donors (Lipinski definition) is 3. The van der Waals surface area contributed by atoms with E-state index >= 15 is 0 Å². The van der Waals surface area contributed by atoms with E-state index in [0.29, 0.717) is 19.6 Å². The van der Waals surface area contributed by atoms with Crippen LogP contribution in [0.4, 0.5) is 4.79 Å². The minimum atomic E-state index is -1.49. The van der Waals surface area contributed by atoms with Crippen LogP contribution in [0.1, 0.15) is 55.9 Å². The molecule has 6 heteroatoms. The van der Waals surface area contributed by atoms with Gasteiger partial charge in [0.2, 0.25) is 5.91 Å². The number of carbonyl (C=O) groups is 2. The van der Waals surface area contributed by atoms with Gasteiger partial charge in [-0.1, -0.05) is 32.9 Å². The average molecular weight is 376 g/mol. The van der Waals surface area contributed by atoms with Gasteiger partial charge in [0.05, 0.1) is 0 Å². The lowest BCUT2D eigenvalue weighted by atomic mass is 9.83. The van der Waals surface area contributed by atoms with Gasteiger partial charge in [-0.15, -0.1) is 0 Å². The standard InChI is InChI=1S/C21H33N3O3/c1-14-12-16(20(3,4)5)13-15(2)17(14)6-9-23-19(26)24-10-7-21(27,8-11-24)18(22)25/h12-13,27H,6-11H2,1-5H3,(H2,22,25)(H,23,26). The van der Waals surface area contributed by atoms with Crippen LogP contribution < -0.4 is 11.1 Å². The molecule has 4 N–H and O–H groups in total. The molecule has 1 fully saturated rings. The highest BCUT2D eigenvalue weighted by atomic mass is 16.3. The largest absolute Gasteiger partial charge is 0.380 e. The Kier molecular flexibility index (Phi) is 6.20. The second-order valence-electron chi connectivity index (χ2n) is 8.70. The van der Waals surface area contributed by atoms with Crippen molar-refractivity contribution in [2.75, 3.05) is 19.6 Å². The number of likely N-dealkylation sites (tertiary alicyclic amines) is 1. The van der Waals surface area contributed by atoms with Crippen molar-refractivity contribution in [3.05, 3.63) is 34.4 Å². The molecule has 1 aromatic rings. The second-order valence-corrected chi connectivity index (χ2v) is 8.70. The number of nitrogens with zero attached hydrogens (tertiary/aromatic N) is 1. The highest BCUT2D eigenvalue weighted by Gasteiger charge is 2.38. The second kappa shape index (κ2) is 7.89. The third kappa shape index (κ3) is 5.01. The fourth-order valence-corrected chi connectivity index (χ4v) is 3.55. The van der Waals surface area contributed by atoms with E-state index in [2.05, 4.69) is 52.1 Å². The molecule has 1 aliphatic heterocycles. The lowest BCUT2D eigenvalue weighted by molar-refractivity contribution is -0.140. The van der Waals surface area contributed by atoms with Crippen LogP contribution in [0.15, 0.2) is 12.1 Å². The first-order valence-corrected chi connectivity index (χ1v) is 9.60. The van der Waals surface area contributed by atoms with Crippen molar-refractivity contribution < 1.29 is 14.7 Å². The van der Waals surface area contributed by atoms with Gasteiger partial charge >= 0.3 is 6.03 Å². The zero-order valence-electron chi connectivity index (χ0n) is 17.2. The molecule has 1 aromatic carbocycles. The van der Waals surface area contributed by atoms with E-state index in [1.807, 2.05) is 0 Å². The maximum Gasteiger partial charge on any atom is 0.317 e. The third-order valence-corrected chi connectivity index (χ3v) is 5.55. The number of benzene rings is 1. The number of nitrogens with one attached hydrogen (secondary N) is 1. The maximum absolute atomic E-state index is 12.3. The fourth-order valence-electron chi connectivity index (χ4n) is 3.55. The summed E-state index contributed by atoms with van der Waals surface area (Å²) in [7, 11) is 0. The van der Waals surface area contributed by atoms with Crippen LogP contribution in [-0.2, 0) is 16.6 Å². The van der Waals surface area contributed by atoms with Crippen LogP contribution in [0.3, 0.4) is 0 Å². The fraction of sp³-hybridized carbons (Fsp3) is 0.619. The van der Waals surface area contributed by atoms with Crippen molar-refractivity contribution in [2.45, 2.75) is 64.9 Å².